The summed E-state index contributed by atoms with van der Waals surface area (Å²) in [6, 6.07) is 24.7. The maximum Gasteiger partial charge on any atom is 0.268 e. The minimum absolute atomic E-state index is 0.0867. The Labute approximate surface area is 182 Å². The van der Waals surface area contributed by atoms with Crippen LogP contribution in [0.15, 0.2) is 78.9 Å². The number of anilines is 1. The zero-order valence-corrected chi connectivity index (χ0v) is 17.7. The zero-order valence-electron chi connectivity index (χ0n) is 17.7. The largest absolute Gasteiger partial charge is 0.481 e. The Morgan fingerprint density at radius 1 is 1.03 bits per heavy atom. The Morgan fingerprint density at radius 3 is 2.58 bits per heavy atom. The van der Waals surface area contributed by atoms with Crippen molar-refractivity contribution in [3.63, 3.8) is 0 Å². The first-order valence-electron chi connectivity index (χ1n) is 10.5. The second kappa shape index (κ2) is 9.04. The fourth-order valence-electron chi connectivity index (χ4n) is 3.94. The molecule has 0 saturated heterocycles. The molecule has 31 heavy (non-hydrogen) atoms. The molecule has 0 aliphatic carbocycles. The third-order valence-corrected chi connectivity index (χ3v) is 5.50. The van der Waals surface area contributed by atoms with Gasteiger partial charge in [-0.15, -0.1) is 0 Å². The van der Waals surface area contributed by atoms with Crippen LogP contribution in [0, 0.1) is 0 Å². The Morgan fingerprint density at radius 2 is 1.77 bits per heavy atom. The molecule has 5 heteroatoms. The van der Waals surface area contributed by atoms with Crippen LogP contribution in [0.1, 0.15) is 35.3 Å². The molecule has 0 spiro atoms. The minimum atomic E-state index is -0.670. The van der Waals surface area contributed by atoms with E-state index in [9.17, 15) is 9.59 Å². The van der Waals surface area contributed by atoms with Crippen molar-refractivity contribution < 1.29 is 14.3 Å². The van der Waals surface area contributed by atoms with E-state index >= 15 is 0 Å². The van der Waals surface area contributed by atoms with Crippen LogP contribution in [0.2, 0.25) is 0 Å². The van der Waals surface area contributed by atoms with Gasteiger partial charge in [0.2, 0.25) is 0 Å². The van der Waals surface area contributed by atoms with Crippen LogP contribution in [0.3, 0.4) is 0 Å². The molecule has 0 radical (unpaired) electrons. The molecule has 2 amide bonds. The number of nitrogens with one attached hydrogen (secondary N) is 1. The molecule has 0 saturated carbocycles. The number of benzene rings is 3. The molecular weight excluding hydrogens is 388 g/mol. The highest BCUT2D eigenvalue weighted by Crippen LogP contribution is 2.32. The van der Waals surface area contributed by atoms with Crippen molar-refractivity contribution >= 4 is 17.5 Å². The van der Waals surface area contributed by atoms with E-state index in [1.807, 2.05) is 60.4 Å². The lowest BCUT2D eigenvalue weighted by Gasteiger charge is -2.26. The number of ether oxygens (including phenoxy) is 1. The number of para-hydroxylation sites is 1. The van der Waals surface area contributed by atoms with Gasteiger partial charge >= 0.3 is 0 Å². The molecule has 4 rings (SSSR count). The zero-order chi connectivity index (χ0) is 21.8. The van der Waals surface area contributed by atoms with E-state index in [1.165, 1.54) is 5.56 Å². The number of carbonyl (C=O) groups is 2. The van der Waals surface area contributed by atoms with Crippen molar-refractivity contribution in [3.8, 4) is 5.75 Å². The van der Waals surface area contributed by atoms with Crippen molar-refractivity contribution in [1.29, 1.82) is 0 Å². The number of fused-ring (bicyclic) bond motifs is 1. The molecule has 0 bridgehead atoms. The second-order valence-corrected chi connectivity index (χ2v) is 7.85. The maximum absolute atomic E-state index is 13.1. The molecule has 158 valence electrons. The molecule has 3 aromatic rings. The molecule has 0 fully saturated rings. The second-order valence-electron chi connectivity index (χ2n) is 7.85. The van der Waals surface area contributed by atoms with Crippen molar-refractivity contribution in [3.05, 3.63) is 95.6 Å². The summed E-state index contributed by atoms with van der Waals surface area (Å²) in [5, 5.41) is 2.91. The Bertz CT molecular complexity index is 1080. The van der Waals surface area contributed by atoms with Crippen LogP contribution in [-0.4, -0.2) is 24.0 Å². The van der Waals surface area contributed by atoms with E-state index in [-0.39, 0.29) is 17.9 Å². The molecule has 1 aliphatic rings. The van der Waals surface area contributed by atoms with E-state index in [0.717, 1.165) is 17.7 Å². The number of hydrogen-bond acceptors (Lipinski definition) is 3. The lowest BCUT2D eigenvalue weighted by Crippen LogP contribution is -2.43. The SMILES string of the molecule is C[C@@H](Oc1cccc(C(=O)NCc2ccccc2)c1)C(=O)N1c2ccccc2C[C@@H]1C. The summed E-state index contributed by atoms with van der Waals surface area (Å²) >= 11 is 0. The topological polar surface area (TPSA) is 58.6 Å². The van der Waals surface area contributed by atoms with Gasteiger partial charge in [-0.2, -0.15) is 0 Å². The molecule has 5 nitrogen and oxygen atoms in total. The lowest BCUT2D eigenvalue weighted by molar-refractivity contribution is -0.124. The van der Waals surface area contributed by atoms with Gasteiger partial charge in [-0.25, -0.2) is 0 Å². The molecule has 3 aromatic carbocycles. The van der Waals surface area contributed by atoms with Crippen molar-refractivity contribution in [2.75, 3.05) is 4.90 Å². The highest BCUT2D eigenvalue weighted by molar-refractivity contribution is 5.99. The summed E-state index contributed by atoms with van der Waals surface area (Å²) < 4.78 is 5.93. The van der Waals surface area contributed by atoms with E-state index in [1.54, 1.807) is 31.2 Å². The van der Waals surface area contributed by atoms with Gasteiger partial charge < -0.3 is 15.0 Å². The fourth-order valence-corrected chi connectivity index (χ4v) is 3.94. The quantitative estimate of drug-likeness (QED) is 0.652. The number of nitrogens with zero attached hydrogens (tertiary/aromatic N) is 1. The van der Waals surface area contributed by atoms with Gasteiger partial charge in [-0.1, -0.05) is 54.6 Å². The van der Waals surface area contributed by atoms with E-state index in [0.29, 0.717) is 17.9 Å². The number of rotatable bonds is 6. The summed E-state index contributed by atoms with van der Waals surface area (Å²) in [5.74, 6) is 0.222. The van der Waals surface area contributed by atoms with Crippen molar-refractivity contribution in [1.82, 2.24) is 5.32 Å². The molecule has 0 aromatic heterocycles. The van der Waals surface area contributed by atoms with Crippen molar-refractivity contribution in [2.45, 2.75) is 39.0 Å². The summed E-state index contributed by atoms with van der Waals surface area (Å²) in [6.07, 6.45) is 0.169. The first kappa shape index (κ1) is 20.7. The molecule has 2 atom stereocenters. The van der Waals surface area contributed by atoms with Crippen LogP contribution >= 0.6 is 0 Å². The molecular formula is C26H26N2O3. The van der Waals surface area contributed by atoms with E-state index in [4.69, 9.17) is 4.74 Å². The normalized spacial score (nSPS) is 15.8. The van der Waals surface area contributed by atoms with Gasteiger partial charge in [0.25, 0.3) is 11.8 Å². The number of amides is 2. The minimum Gasteiger partial charge on any atom is -0.481 e. The number of hydrogen-bond donors (Lipinski definition) is 1. The van der Waals surface area contributed by atoms with Crippen molar-refractivity contribution in [2.24, 2.45) is 0 Å². The average molecular weight is 415 g/mol. The van der Waals surface area contributed by atoms with Crippen LogP contribution in [0.5, 0.6) is 5.75 Å². The summed E-state index contributed by atoms with van der Waals surface area (Å²) in [7, 11) is 0. The third-order valence-electron chi connectivity index (χ3n) is 5.50. The Balaban J connectivity index is 1.41. The van der Waals surface area contributed by atoms with Gasteiger partial charge in [0.05, 0.1) is 0 Å². The molecule has 1 N–H and O–H groups in total. The predicted molar refractivity (Wildman–Crippen MR) is 121 cm³/mol. The molecule has 0 unspecified atom stereocenters. The first-order chi connectivity index (χ1) is 15.0. The predicted octanol–water partition coefficient (Wildman–Crippen LogP) is 4.36. The third kappa shape index (κ3) is 4.61. The van der Waals surface area contributed by atoms with Crippen LogP contribution < -0.4 is 15.0 Å². The smallest absolute Gasteiger partial charge is 0.268 e. The standard InChI is InChI=1S/C26H26N2O3/c1-18-15-21-11-6-7-14-24(21)28(18)26(30)19(2)31-23-13-8-12-22(16-23)25(29)27-17-20-9-4-3-5-10-20/h3-14,16,18-19H,15,17H2,1-2H3,(H,27,29)/t18-,19+/m0/s1. The van der Waals surface area contributed by atoms with Crippen LogP contribution in [-0.2, 0) is 17.8 Å². The fraction of sp³-hybridized carbons (Fsp3) is 0.231. The van der Waals surface area contributed by atoms with E-state index < -0.39 is 6.10 Å². The summed E-state index contributed by atoms with van der Waals surface area (Å²) in [6.45, 7) is 4.24. The highest BCUT2D eigenvalue weighted by Gasteiger charge is 2.33. The van der Waals surface area contributed by atoms with Gasteiger partial charge in [0, 0.05) is 23.8 Å². The van der Waals surface area contributed by atoms with Gasteiger partial charge in [-0.05, 0) is 55.7 Å². The lowest BCUT2D eigenvalue weighted by atomic mass is 10.1. The van der Waals surface area contributed by atoms with Crippen LogP contribution in [0.4, 0.5) is 5.69 Å². The first-order valence-corrected chi connectivity index (χ1v) is 10.5. The Hall–Kier alpha value is -3.60. The van der Waals surface area contributed by atoms with E-state index in [2.05, 4.69) is 11.4 Å². The Kier molecular flexibility index (Phi) is 6.03. The van der Waals surface area contributed by atoms with Gasteiger partial charge in [0.1, 0.15) is 5.75 Å². The molecule has 1 heterocycles. The van der Waals surface area contributed by atoms with Crippen LogP contribution in [0.25, 0.3) is 0 Å². The summed E-state index contributed by atoms with van der Waals surface area (Å²) in [5.41, 5.74) is 3.65. The molecule has 1 aliphatic heterocycles. The van der Waals surface area contributed by atoms with Gasteiger partial charge in [-0.3, -0.25) is 9.59 Å². The number of carbonyl (C=O) groups excluding carboxylic acids is 2. The average Bonchev–Trinajstić information content (AvgIpc) is 3.13. The maximum atomic E-state index is 13.1. The monoisotopic (exact) mass is 414 g/mol. The summed E-state index contributed by atoms with van der Waals surface area (Å²) in [4.78, 5) is 27.5. The van der Waals surface area contributed by atoms with Gasteiger partial charge in [0.15, 0.2) is 6.10 Å². The highest BCUT2D eigenvalue weighted by atomic mass is 16.5.